The van der Waals surface area contributed by atoms with E-state index in [4.69, 9.17) is 28.6 Å². The SMILES string of the molecule is CCc1cc(N2C(=S)N(c3cnc(C#N)c(C(F)(F)F)c3)C(=O)C2(C)C)ccc1OCCN1CC2CC1CN2CC(=O)Nc1cc(Cl)cc(NC2CCC(=O)NC2=O)c1. The largest absolute Gasteiger partial charge is 0.492 e. The van der Waals surface area contributed by atoms with Crippen LogP contribution in [0.2, 0.25) is 5.02 Å². The van der Waals surface area contributed by atoms with Crippen molar-refractivity contribution in [1.82, 2.24) is 20.1 Å². The molecule has 4 amide bonds. The molecule has 4 aliphatic heterocycles. The molecule has 0 spiro atoms. The minimum atomic E-state index is -4.86. The molecule has 4 fully saturated rings. The summed E-state index contributed by atoms with van der Waals surface area (Å²) in [5, 5.41) is 17.9. The lowest BCUT2D eigenvalue weighted by Crippen LogP contribution is -2.49. The van der Waals surface area contributed by atoms with Crippen LogP contribution >= 0.6 is 23.8 Å². The number of carbonyl (C=O) groups is 4. The van der Waals surface area contributed by atoms with Crippen LogP contribution in [-0.4, -0.2) is 100.0 Å². The summed E-state index contributed by atoms with van der Waals surface area (Å²) in [5.41, 5.74) is -1.03. The number of piperazine rings is 1. The third-order valence-corrected chi connectivity index (χ3v) is 11.7. The maximum absolute atomic E-state index is 13.7. The van der Waals surface area contributed by atoms with Crippen LogP contribution in [0.1, 0.15) is 56.9 Å². The molecule has 14 nitrogen and oxygen atoms in total. The van der Waals surface area contributed by atoms with Gasteiger partial charge in [0.2, 0.25) is 17.7 Å². The summed E-state index contributed by atoms with van der Waals surface area (Å²) in [5.74, 6) is -0.785. The van der Waals surface area contributed by atoms with Gasteiger partial charge in [-0.25, -0.2) is 4.98 Å². The monoisotopic (exact) mass is 851 g/mol. The molecule has 5 heterocycles. The molecule has 3 aromatic rings. The molecular weight excluding hydrogens is 811 g/mol. The predicted octanol–water partition coefficient (Wildman–Crippen LogP) is 5.10. The second-order valence-corrected chi connectivity index (χ2v) is 16.2. The van der Waals surface area contributed by atoms with Crippen molar-refractivity contribution in [3.63, 3.8) is 0 Å². The van der Waals surface area contributed by atoms with Gasteiger partial charge in [0, 0.05) is 60.2 Å². The average Bonchev–Trinajstić information content (AvgIpc) is 3.80. The summed E-state index contributed by atoms with van der Waals surface area (Å²) in [4.78, 5) is 61.3. The first kappa shape index (κ1) is 41.8. The highest BCUT2D eigenvalue weighted by molar-refractivity contribution is 7.81. The van der Waals surface area contributed by atoms with Crippen molar-refractivity contribution in [2.45, 2.75) is 76.3 Å². The quantitative estimate of drug-likeness (QED) is 0.164. The molecule has 0 radical (unpaired) electrons. The van der Waals surface area contributed by atoms with Crippen molar-refractivity contribution in [2.24, 2.45) is 0 Å². The predicted molar refractivity (Wildman–Crippen MR) is 217 cm³/mol. The van der Waals surface area contributed by atoms with E-state index in [0.29, 0.717) is 53.8 Å². The number of amides is 4. The summed E-state index contributed by atoms with van der Waals surface area (Å²) in [7, 11) is 0. The van der Waals surface area contributed by atoms with Crippen LogP contribution in [0.4, 0.5) is 35.9 Å². The fourth-order valence-corrected chi connectivity index (χ4v) is 8.95. The van der Waals surface area contributed by atoms with Gasteiger partial charge >= 0.3 is 6.18 Å². The van der Waals surface area contributed by atoms with Gasteiger partial charge in [0.25, 0.3) is 5.91 Å². The number of hydrogen-bond donors (Lipinski definition) is 3. The number of benzene rings is 2. The number of alkyl halides is 3. The number of pyridine rings is 1. The van der Waals surface area contributed by atoms with E-state index in [9.17, 15) is 37.6 Å². The summed E-state index contributed by atoms with van der Waals surface area (Å²) in [6.07, 6.45) is -1.71. The molecular formula is C40H41ClF3N9O5S. The van der Waals surface area contributed by atoms with Gasteiger partial charge < -0.3 is 20.3 Å². The van der Waals surface area contributed by atoms with E-state index in [1.54, 1.807) is 49.1 Å². The van der Waals surface area contributed by atoms with Gasteiger partial charge in [-0.2, -0.15) is 18.4 Å². The first-order chi connectivity index (χ1) is 28.0. The van der Waals surface area contributed by atoms with Gasteiger partial charge in [-0.05, 0) is 93.4 Å². The highest BCUT2D eigenvalue weighted by Crippen LogP contribution is 2.40. The van der Waals surface area contributed by atoms with Crippen LogP contribution < -0.4 is 30.5 Å². The Morgan fingerprint density at radius 3 is 2.49 bits per heavy atom. The topological polar surface area (TPSA) is 163 Å². The Balaban J connectivity index is 0.924. The second-order valence-electron chi connectivity index (χ2n) is 15.4. The van der Waals surface area contributed by atoms with Crippen molar-refractivity contribution < 1.29 is 37.1 Å². The maximum Gasteiger partial charge on any atom is 0.419 e. The number of nitrogens with zero attached hydrogens (tertiary/aromatic N) is 6. The number of likely N-dealkylation sites (tertiary alicyclic amines) is 2. The molecule has 7 rings (SSSR count). The number of thiocarbonyl (C=S) groups is 1. The molecule has 4 aliphatic rings. The third kappa shape index (κ3) is 8.56. The molecule has 2 bridgehead atoms. The first-order valence-electron chi connectivity index (χ1n) is 19.1. The van der Waals surface area contributed by atoms with Crippen LogP contribution in [0, 0.1) is 11.3 Å². The van der Waals surface area contributed by atoms with Crippen LogP contribution in [-0.2, 0) is 31.8 Å². The molecule has 2 aromatic carbocycles. The van der Waals surface area contributed by atoms with Gasteiger partial charge in [-0.3, -0.25) is 39.2 Å². The normalized spacial score (nSPS) is 21.8. The highest BCUT2D eigenvalue weighted by Gasteiger charge is 2.51. The minimum Gasteiger partial charge on any atom is -0.492 e. The van der Waals surface area contributed by atoms with E-state index in [1.165, 1.54) is 6.07 Å². The maximum atomic E-state index is 13.7. The zero-order valence-electron chi connectivity index (χ0n) is 32.4. The van der Waals surface area contributed by atoms with Gasteiger partial charge in [0.1, 0.15) is 30.0 Å². The van der Waals surface area contributed by atoms with E-state index in [2.05, 4.69) is 30.7 Å². The number of halogens is 4. The molecule has 3 N–H and O–H groups in total. The standard InChI is InChI=1S/C40H41ClF3N9O5S/c1-4-22-11-26(53-38(59)52(37(57)39(53,2)3)27-16-30(40(42,43)44)32(17-45)46-18-27)5-7-33(22)58-10-9-50-19-29-15-28(50)20-51(29)21-35(55)48-25-13-23(41)12-24(14-25)47-31-6-8-34(54)49-36(31)56/h5,7,11-14,16,18,28-29,31,47H,4,6,8-10,15,19-21H2,1-3H3,(H,48,55)(H,49,54,56). The molecule has 19 heteroatoms. The number of piperidine rings is 1. The number of carbonyl (C=O) groups excluding carboxylic acids is 4. The number of fused-ring (bicyclic) bond motifs is 2. The van der Waals surface area contributed by atoms with Crippen LogP contribution in [0.15, 0.2) is 48.7 Å². The van der Waals surface area contributed by atoms with Gasteiger partial charge in [0.05, 0.1) is 24.0 Å². The lowest BCUT2D eigenvalue weighted by Gasteiger charge is -2.33. The number of anilines is 4. The second kappa shape index (κ2) is 16.4. The average molecular weight is 852 g/mol. The van der Waals surface area contributed by atoms with Gasteiger partial charge in [-0.15, -0.1) is 0 Å². The number of hydrogen-bond acceptors (Lipinski definition) is 11. The first-order valence-corrected chi connectivity index (χ1v) is 19.9. The van der Waals surface area contributed by atoms with E-state index in [1.807, 2.05) is 13.0 Å². The van der Waals surface area contributed by atoms with Gasteiger partial charge in [-0.1, -0.05) is 18.5 Å². The molecule has 0 aliphatic carbocycles. The Morgan fingerprint density at radius 2 is 1.81 bits per heavy atom. The Bertz CT molecular complexity index is 2270. The fourth-order valence-electron chi connectivity index (χ4n) is 8.19. The number of nitriles is 1. The van der Waals surface area contributed by atoms with Gasteiger partial charge in [0.15, 0.2) is 10.8 Å². The van der Waals surface area contributed by atoms with E-state index < -0.39 is 40.8 Å². The number of ether oxygens (including phenoxy) is 1. The highest BCUT2D eigenvalue weighted by atomic mass is 35.5. The smallest absolute Gasteiger partial charge is 0.419 e. The lowest BCUT2D eigenvalue weighted by atomic mass is 10.0. The molecule has 0 saturated carbocycles. The Hall–Kier alpha value is -5.35. The summed E-state index contributed by atoms with van der Waals surface area (Å²) in [6, 6.07) is 12.5. The Morgan fingerprint density at radius 1 is 1.08 bits per heavy atom. The third-order valence-electron chi connectivity index (χ3n) is 11.1. The number of aryl methyl sites for hydroxylation is 1. The number of rotatable bonds is 12. The summed E-state index contributed by atoms with van der Waals surface area (Å²) in [6.45, 7) is 8.03. The summed E-state index contributed by atoms with van der Waals surface area (Å²) < 4.78 is 47.5. The van der Waals surface area contributed by atoms with Crippen molar-refractivity contribution in [1.29, 1.82) is 5.26 Å². The zero-order valence-corrected chi connectivity index (χ0v) is 33.9. The van der Waals surface area contributed by atoms with E-state index in [-0.39, 0.29) is 47.7 Å². The number of aromatic nitrogens is 1. The molecule has 1 aromatic heterocycles. The van der Waals surface area contributed by atoms with Crippen molar-refractivity contribution >= 4 is 75.3 Å². The van der Waals surface area contributed by atoms with E-state index in [0.717, 1.165) is 42.2 Å². The van der Waals surface area contributed by atoms with Crippen molar-refractivity contribution in [3.8, 4) is 11.8 Å². The lowest BCUT2D eigenvalue weighted by molar-refractivity contribution is -0.138. The zero-order chi connectivity index (χ0) is 42.4. The molecule has 310 valence electrons. The Labute approximate surface area is 348 Å². The minimum absolute atomic E-state index is 0.0242. The van der Waals surface area contributed by atoms with Crippen molar-refractivity contribution in [2.75, 3.05) is 53.2 Å². The van der Waals surface area contributed by atoms with Crippen LogP contribution in [0.3, 0.4) is 0 Å². The number of nitrogens with one attached hydrogen (secondary N) is 3. The van der Waals surface area contributed by atoms with Crippen LogP contribution in [0.25, 0.3) is 0 Å². The fraction of sp³-hybridized carbons (Fsp3) is 0.425. The Kier molecular flexibility index (Phi) is 11.6. The molecule has 4 saturated heterocycles. The van der Waals surface area contributed by atoms with Crippen LogP contribution in [0.5, 0.6) is 5.75 Å². The van der Waals surface area contributed by atoms with E-state index >= 15 is 0 Å². The molecule has 3 atom stereocenters. The molecule has 59 heavy (non-hydrogen) atoms. The van der Waals surface area contributed by atoms with Crippen molar-refractivity contribution in [3.05, 3.63) is 70.5 Å². The summed E-state index contributed by atoms with van der Waals surface area (Å²) >= 11 is 12.0. The molecule has 3 unspecified atom stereocenters. The number of imide groups is 1.